The van der Waals surface area contributed by atoms with Gasteiger partial charge in [0.1, 0.15) is 11.5 Å². The number of amides is 1. The van der Waals surface area contributed by atoms with Gasteiger partial charge < -0.3 is 5.32 Å². The molecule has 0 aromatic carbocycles. The predicted molar refractivity (Wildman–Crippen MR) is 69.5 cm³/mol. The second kappa shape index (κ2) is 5.00. The topological polar surface area (TPSA) is 59.8 Å². The van der Waals surface area contributed by atoms with Gasteiger partial charge in [0.15, 0.2) is 0 Å². The number of anilines is 1. The maximum absolute atomic E-state index is 12.0. The summed E-state index contributed by atoms with van der Waals surface area (Å²) in [5, 5.41) is 6.98. The van der Waals surface area contributed by atoms with E-state index < -0.39 is 0 Å². The largest absolute Gasteiger partial charge is 0.305 e. The molecule has 0 fully saturated rings. The molecule has 0 aliphatic carbocycles. The highest BCUT2D eigenvalue weighted by atomic mass is 16.2. The average Bonchev–Trinajstić information content (AvgIpc) is 2.77. The maximum atomic E-state index is 12.0. The highest BCUT2D eigenvalue weighted by Gasteiger charge is 2.12. The molecule has 0 aliphatic heterocycles. The molecule has 2 heterocycles. The summed E-state index contributed by atoms with van der Waals surface area (Å²) in [5.41, 5.74) is 1.23. The molecule has 18 heavy (non-hydrogen) atoms. The fourth-order valence-electron chi connectivity index (χ4n) is 1.67. The smallest absolute Gasteiger partial charge is 0.275 e. The molecular formula is C13H16N4O. The van der Waals surface area contributed by atoms with E-state index in [1.54, 1.807) is 23.0 Å². The predicted octanol–water partition coefficient (Wildman–Crippen LogP) is 2.42. The van der Waals surface area contributed by atoms with Crippen molar-refractivity contribution < 1.29 is 4.79 Å². The van der Waals surface area contributed by atoms with Crippen LogP contribution in [0.15, 0.2) is 30.5 Å². The van der Waals surface area contributed by atoms with Gasteiger partial charge in [-0.25, -0.2) is 9.67 Å². The van der Waals surface area contributed by atoms with Crippen molar-refractivity contribution in [3.8, 4) is 0 Å². The fourth-order valence-corrected chi connectivity index (χ4v) is 1.67. The van der Waals surface area contributed by atoms with Gasteiger partial charge in [-0.3, -0.25) is 4.79 Å². The molecule has 94 valence electrons. The summed E-state index contributed by atoms with van der Waals surface area (Å²) in [6.07, 6.45) is 1.67. The molecular weight excluding hydrogens is 228 g/mol. The molecule has 0 unspecified atom stereocenters. The Balaban J connectivity index is 2.19. The molecule has 0 aliphatic rings. The van der Waals surface area contributed by atoms with Gasteiger partial charge in [0.25, 0.3) is 5.91 Å². The van der Waals surface area contributed by atoms with Crippen LogP contribution in [0.3, 0.4) is 0 Å². The first-order valence-electron chi connectivity index (χ1n) is 5.86. The van der Waals surface area contributed by atoms with Crippen LogP contribution in [0.4, 0.5) is 5.82 Å². The molecule has 0 spiro atoms. The first kappa shape index (κ1) is 12.3. The van der Waals surface area contributed by atoms with Crippen molar-refractivity contribution >= 4 is 11.7 Å². The van der Waals surface area contributed by atoms with Crippen LogP contribution < -0.4 is 5.32 Å². The molecule has 0 saturated carbocycles. The van der Waals surface area contributed by atoms with E-state index in [1.807, 2.05) is 32.9 Å². The molecule has 0 bridgehead atoms. The van der Waals surface area contributed by atoms with Crippen molar-refractivity contribution in [2.45, 2.75) is 26.8 Å². The number of hydrogen-bond acceptors (Lipinski definition) is 3. The quantitative estimate of drug-likeness (QED) is 0.902. The van der Waals surface area contributed by atoms with Crippen LogP contribution in [0.1, 0.15) is 36.1 Å². The van der Waals surface area contributed by atoms with Crippen molar-refractivity contribution in [3.05, 3.63) is 41.9 Å². The number of aromatic nitrogens is 3. The number of pyridine rings is 1. The molecule has 5 heteroatoms. The number of rotatable bonds is 3. The van der Waals surface area contributed by atoms with Crippen LogP contribution in [0.25, 0.3) is 0 Å². The highest BCUT2D eigenvalue weighted by molar-refractivity contribution is 6.02. The first-order chi connectivity index (χ1) is 8.58. The zero-order valence-corrected chi connectivity index (χ0v) is 10.7. The van der Waals surface area contributed by atoms with E-state index in [0.29, 0.717) is 11.5 Å². The fraction of sp³-hybridized carbons (Fsp3) is 0.308. The lowest BCUT2D eigenvalue weighted by Gasteiger charge is -2.11. The lowest BCUT2D eigenvalue weighted by Crippen LogP contribution is -2.18. The Morgan fingerprint density at radius 3 is 2.78 bits per heavy atom. The molecule has 0 saturated heterocycles. The third-order valence-electron chi connectivity index (χ3n) is 2.52. The number of nitrogens with one attached hydrogen (secondary N) is 1. The number of carbonyl (C=O) groups excluding carboxylic acids is 1. The molecule has 5 nitrogen and oxygen atoms in total. The summed E-state index contributed by atoms with van der Waals surface area (Å²) in [5.74, 6) is 0.458. The zero-order valence-electron chi connectivity index (χ0n) is 10.7. The third-order valence-corrected chi connectivity index (χ3v) is 2.52. The molecule has 2 rings (SSSR count). The monoisotopic (exact) mass is 244 g/mol. The summed E-state index contributed by atoms with van der Waals surface area (Å²) in [6, 6.07) is 7.33. The Kier molecular flexibility index (Phi) is 3.41. The van der Waals surface area contributed by atoms with Gasteiger partial charge in [0.05, 0.1) is 6.20 Å². The molecule has 2 aromatic rings. The second-order valence-corrected chi connectivity index (χ2v) is 4.37. The van der Waals surface area contributed by atoms with Crippen LogP contribution in [0, 0.1) is 6.92 Å². The number of carbonyl (C=O) groups is 1. The maximum Gasteiger partial charge on any atom is 0.275 e. The molecule has 0 atom stereocenters. The third kappa shape index (κ3) is 2.56. The molecule has 0 radical (unpaired) electrons. The number of nitrogens with zero attached hydrogens (tertiary/aromatic N) is 3. The Hall–Kier alpha value is -2.17. The van der Waals surface area contributed by atoms with Crippen molar-refractivity contribution in [1.29, 1.82) is 0 Å². The van der Waals surface area contributed by atoms with Gasteiger partial charge in [0, 0.05) is 17.8 Å². The van der Waals surface area contributed by atoms with Crippen molar-refractivity contribution in [2.75, 3.05) is 5.32 Å². The average molecular weight is 244 g/mol. The summed E-state index contributed by atoms with van der Waals surface area (Å²) in [6.45, 7) is 5.87. The minimum Gasteiger partial charge on any atom is -0.305 e. The van der Waals surface area contributed by atoms with E-state index >= 15 is 0 Å². The van der Waals surface area contributed by atoms with E-state index in [0.717, 1.165) is 5.69 Å². The highest BCUT2D eigenvalue weighted by Crippen LogP contribution is 2.13. The first-order valence-corrected chi connectivity index (χ1v) is 5.86. The van der Waals surface area contributed by atoms with Gasteiger partial charge in [-0.1, -0.05) is 6.07 Å². The van der Waals surface area contributed by atoms with Crippen LogP contribution in [-0.4, -0.2) is 20.7 Å². The van der Waals surface area contributed by atoms with Crippen LogP contribution in [0.2, 0.25) is 0 Å². The van der Waals surface area contributed by atoms with Crippen LogP contribution in [0.5, 0.6) is 0 Å². The Morgan fingerprint density at radius 2 is 2.11 bits per heavy atom. The summed E-state index contributed by atoms with van der Waals surface area (Å²) >= 11 is 0. The van der Waals surface area contributed by atoms with Gasteiger partial charge in [-0.15, -0.1) is 0 Å². The van der Waals surface area contributed by atoms with E-state index in [4.69, 9.17) is 0 Å². The minimum atomic E-state index is -0.221. The van der Waals surface area contributed by atoms with Gasteiger partial charge >= 0.3 is 0 Å². The zero-order chi connectivity index (χ0) is 13.1. The van der Waals surface area contributed by atoms with Crippen molar-refractivity contribution in [3.63, 3.8) is 0 Å². The van der Waals surface area contributed by atoms with Gasteiger partial charge in [0.2, 0.25) is 0 Å². The standard InChI is InChI=1S/C13H16N4O/c1-9(2)17-12(7-8-14-17)16-13(18)11-6-4-5-10(3)15-11/h4-9H,1-3H3,(H,16,18). The number of aryl methyl sites for hydroxylation is 1. The van der Waals surface area contributed by atoms with Crippen molar-refractivity contribution in [2.24, 2.45) is 0 Å². The Morgan fingerprint density at radius 1 is 1.33 bits per heavy atom. The van der Waals surface area contributed by atoms with Gasteiger partial charge in [-0.2, -0.15) is 5.10 Å². The molecule has 1 N–H and O–H groups in total. The Bertz CT molecular complexity index is 560. The van der Waals surface area contributed by atoms with E-state index in [-0.39, 0.29) is 11.9 Å². The van der Waals surface area contributed by atoms with E-state index in [2.05, 4.69) is 15.4 Å². The lowest BCUT2D eigenvalue weighted by atomic mass is 10.3. The summed E-state index contributed by atoms with van der Waals surface area (Å²) in [7, 11) is 0. The van der Waals surface area contributed by atoms with E-state index in [1.165, 1.54) is 0 Å². The minimum absolute atomic E-state index is 0.195. The lowest BCUT2D eigenvalue weighted by molar-refractivity contribution is 0.102. The molecule has 1 amide bonds. The Labute approximate surface area is 106 Å². The SMILES string of the molecule is Cc1cccc(C(=O)Nc2ccnn2C(C)C)n1. The number of hydrogen-bond donors (Lipinski definition) is 1. The molecule has 2 aromatic heterocycles. The summed E-state index contributed by atoms with van der Waals surface area (Å²) in [4.78, 5) is 16.2. The summed E-state index contributed by atoms with van der Waals surface area (Å²) < 4.78 is 1.76. The van der Waals surface area contributed by atoms with Crippen LogP contribution >= 0.6 is 0 Å². The van der Waals surface area contributed by atoms with Crippen LogP contribution in [-0.2, 0) is 0 Å². The second-order valence-electron chi connectivity index (χ2n) is 4.37. The van der Waals surface area contributed by atoms with Crippen molar-refractivity contribution in [1.82, 2.24) is 14.8 Å². The van der Waals surface area contributed by atoms with Gasteiger partial charge in [-0.05, 0) is 32.9 Å². The normalized spacial score (nSPS) is 10.7. The van der Waals surface area contributed by atoms with E-state index in [9.17, 15) is 4.79 Å².